The average Bonchev–Trinajstić information content (AvgIpc) is 2.62. The van der Waals surface area contributed by atoms with E-state index >= 15 is 0 Å². The van der Waals surface area contributed by atoms with Gasteiger partial charge in [0.1, 0.15) is 0 Å². The third kappa shape index (κ3) is 1.97. The van der Waals surface area contributed by atoms with Gasteiger partial charge in [-0.15, -0.1) is 0 Å². The molecule has 0 spiro atoms. The van der Waals surface area contributed by atoms with Crippen molar-refractivity contribution in [3.8, 4) is 0 Å². The Labute approximate surface area is 102 Å². The molecule has 2 aliphatic carbocycles. The second-order valence-electron chi connectivity index (χ2n) is 6.58. The van der Waals surface area contributed by atoms with Crippen LogP contribution < -0.4 is 5.32 Å². The Bertz CT molecular complexity index is 298. The van der Waals surface area contributed by atoms with E-state index in [-0.39, 0.29) is 0 Å². The van der Waals surface area contributed by atoms with E-state index in [1.807, 2.05) is 0 Å². The van der Waals surface area contributed by atoms with Gasteiger partial charge in [0.2, 0.25) is 0 Å². The molecule has 2 bridgehead atoms. The van der Waals surface area contributed by atoms with E-state index in [9.17, 15) is 4.21 Å². The summed E-state index contributed by atoms with van der Waals surface area (Å²) in [5.41, 5.74) is 0.908. The van der Waals surface area contributed by atoms with Gasteiger partial charge in [0.05, 0.1) is 0 Å². The van der Waals surface area contributed by atoms with Crippen LogP contribution in [0.15, 0.2) is 0 Å². The summed E-state index contributed by atoms with van der Waals surface area (Å²) in [5, 5.41) is 3.68. The fourth-order valence-corrected chi connectivity index (χ4v) is 4.56. The van der Waals surface area contributed by atoms with Gasteiger partial charge in [-0.1, -0.05) is 20.8 Å². The summed E-state index contributed by atoms with van der Waals surface area (Å²) in [6.45, 7) is 8.15. The van der Waals surface area contributed by atoms with Gasteiger partial charge in [-0.2, -0.15) is 0 Å². The van der Waals surface area contributed by atoms with Crippen LogP contribution in [0, 0.1) is 16.7 Å². The van der Waals surface area contributed by atoms with Crippen molar-refractivity contribution in [3.63, 3.8) is 0 Å². The number of hydrogen-bond donors (Lipinski definition) is 1. The highest BCUT2D eigenvalue weighted by Gasteiger charge is 2.58. The minimum absolute atomic E-state index is 0.419. The molecule has 2 nitrogen and oxygen atoms in total. The van der Waals surface area contributed by atoms with Gasteiger partial charge in [0, 0.05) is 35.4 Å². The molecule has 0 heterocycles. The third-order valence-corrected chi connectivity index (χ3v) is 5.79. The van der Waals surface area contributed by atoms with E-state index in [0.717, 1.165) is 18.2 Å². The van der Waals surface area contributed by atoms with Gasteiger partial charge in [0.15, 0.2) is 0 Å². The molecule has 94 valence electrons. The van der Waals surface area contributed by atoms with Crippen LogP contribution in [0.1, 0.15) is 40.0 Å². The van der Waals surface area contributed by atoms with Crippen LogP contribution in [0.3, 0.4) is 0 Å². The molecule has 0 amide bonds. The monoisotopic (exact) mass is 243 g/mol. The van der Waals surface area contributed by atoms with E-state index in [1.165, 1.54) is 19.3 Å². The first-order chi connectivity index (χ1) is 7.36. The van der Waals surface area contributed by atoms with Crippen molar-refractivity contribution in [2.45, 2.75) is 46.1 Å². The molecule has 0 aromatic heterocycles. The zero-order chi connectivity index (χ0) is 12.0. The largest absolute Gasteiger partial charge is 0.312 e. The standard InChI is InChI=1S/C13H25NOS/c1-12(2)10-5-6-13(3,9-10)11(12)14-7-8-16(4)15/h10-11,14H,5-9H2,1-4H3. The molecule has 0 aromatic rings. The average molecular weight is 243 g/mol. The van der Waals surface area contributed by atoms with E-state index in [1.54, 1.807) is 6.26 Å². The molecule has 2 aliphatic rings. The Kier molecular flexibility index (Phi) is 3.21. The molecule has 16 heavy (non-hydrogen) atoms. The fraction of sp³-hybridized carbons (Fsp3) is 1.00. The van der Waals surface area contributed by atoms with Crippen LogP contribution >= 0.6 is 0 Å². The Hall–Kier alpha value is 0.110. The van der Waals surface area contributed by atoms with Crippen LogP contribution in [0.5, 0.6) is 0 Å². The highest BCUT2D eigenvalue weighted by molar-refractivity contribution is 7.84. The lowest BCUT2D eigenvalue weighted by atomic mass is 9.68. The molecule has 2 fully saturated rings. The van der Waals surface area contributed by atoms with Gasteiger partial charge >= 0.3 is 0 Å². The SMILES string of the molecule is CS(=O)CCNC1C2(C)CCC(C2)C1(C)C. The lowest BCUT2D eigenvalue weighted by molar-refractivity contribution is 0.111. The van der Waals surface area contributed by atoms with E-state index in [4.69, 9.17) is 0 Å². The maximum atomic E-state index is 11.1. The first kappa shape index (κ1) is 12.6. The molecule has 0 aromatic carbocycles. The van der Waals surface area contributed by atoms with Crippen molar-refractivity contribution in [2.75, 3.05) is 18.6 Å². The van der Waals surface area contributed by atoms with Crippen molar-refractivity contribution in [3.05, 3.63) is 0 Å². The molecule has 2 saturated carbocycles. The summed E-state index contributed by atoms with van der Waals surface area (Å²) in [6.07, 6.45) is 5.94. The molecule has 0 aliphatic heterocycles. The van der Waals surface area contributed by atoms with Gasteiger partial charge in [-0.25, -0.2) is 0 Å². The summed E-state index contributed by atoms with van der Waals surface area (Å²) in [5.74, 6) is 1.68. The molecule has 4 unspecified atom stereocenters. The summed E-state index contributed by atoms with van der Waals surface area (Å²) < 4.78 is 11.1. The number of hydrogen-bond acceptors (Lipinski definition) is 2. The highest BCUT2D eigenvalue weighted by atomic mass is 32.2. The number of rotatable bonds is 4. The van der Waals surface area contributed by atoms with Crippen LogP contribution in [-0.2, 0) is 10.8 Å². The van der Waals surface area contributed by atoms with Crippen molar-refractivity contribution < 1.29 is 4.21 Å². The molecule has 1 N–H and O–H groups in total. The smallest absolute Gasteiger partial charge is 0.0357 e. The predicted octanol–water partition coefficient (Wildman–Crippen LogP) is 2.17. The van der Waals surface area contributed by atoms with Gasteiger partial charge < -0.3 is 5.32 Å². The Balaban J connectivity index is 2.00. The summed E-state index contributed by atoms with van der Waals surface area (Å²) in [7, 11) is -0.668. The number of fused-ring (bicyclic) bond motifs is 2. The molecule has 3 heteroatoms. The highest BCUT2D eigenvalue weighted by Crippen LogP contribution is 2.62. The van der Waals surface area contributed by atoms with Crippen LogP contribution in [0.4, 0.5) is 0 Å². The van der Waals surface area contributed by atoms with Crippen molar-refractivity contribution >= 4 is 10.8 Å². The Morgan fingerprint density at radius 3 is 2.56 bits per heavy atom. The van der Waals surface area contributed by atoms with Crippen molar-refractivity contribution in [1.82, 2.24) is 5.32 Å². The molecule has 4 atom stereocenters. The van der Waals surface area contributed by atoms with E-state index < -0.39 is 10.8 Å². The zero-order valence-electron chi connectivity index (χ0n) is 11.0. The second-order valence-corrected chi connectivity index (χ2v) is 8.13. The maximum Gasteiger partial charge on any atom is 0.0357 e. The first-order valence-corrected chi connectivity index (χ1v) is 8.12. The third-order valence-electron chi connectivity index (χ3n) is 5.01. The summed E-state index contributed by atoms with van der Waals surface area (Å²) >= 11 is 0. The normalized spacial score (nSPS) is 42.5. The van der Waals surface area contributed by atoms with Gasteiger partial charge in [-0.05, 0) is 36.0 Å². The first-order valence-electron chi connectivity index (χ1n) is 6.40. The lowest BCUT2D eigenvalue weighted by Gasteiger charge is -2.43. The fourth-order valence-electron chi connectivity index (χ4n) is 4.16. The summed E-state index contributed by atoms with van der Waals surface area (Å²) in [6, 6.07) is 0.613. The minimum atomic E-state index is -0.668. The second kappa shape index (κ2) is 4.09. The van der Waals surface area contributed by atoms with Crippen LogP contribution in [0.2, 0.25) is 0 Å². The molecule has 2 rings (SSSR count). The predicted molar refractivity (Wildman–Crippen MR) is 70.0 cm³/mol. The maximum absolute atomic E-state index is 11.1. The zero-order valence-corrected chi connectivity index (χ0v) is 11.8. The quantitative estimate of drug-likeness (QED) is 0.820. The lowest BCUT2D eigenvalue weighted by Crippen LogP contribution is -2.51. The van der Waals surface area contributed by atoms with Gasteiger partial charge in [-0.3, -0.25) is 4.21 Å². The van der Waals surface area contributed by atoms with Crippen molar-refractivity contribution in [2.24, 2.45) is 16.7 Å². The van der Waals surface area contributed by atoms with Gasteiger partial charge in [0.25, 0.3) is 0 Å². The molecular formula is C13H25NOS. The number of nitrogens with one attached hydrogen (secondary N) is 1. The summed E-state index contributed by atoms with van der Waals surface area (Å²) in [4.78, 5) is 0. The molecule has 0 radical (unpaired) electrons. The molecule has 0 saturated heterocycles. The molecular weight excluding hydrogens is 218 g/mol. The Morgan fingerprint density at radius 1 is 1.38 bits per heavy atom. The van der Waals surface area contributed by atoms with E-state index in [0.29, 0.717) is 16.9 Å². The van der Waals surface area contributed by atoms with Crippen molar-refractivity contribution in [1.29, 1.82) is 0 Å². The van der Waals surface area contributed by atoms with Crippen LogP contribution in [0.25, 0.3) is 0 Å². The van der Waals surface area contributed by atoms with E-state index in [2.05, 4.69) is 26.1 Å². The Morgan fingerprint density at radius 2 is 2.06 bits per heavy atom. The minimum Gasteiger partial charge on any atom is -0.312 e. The van der Waals surface area contributed by atoms with Crippen LogP contribution in [-0.4, -0.2) is 28.8 Å². The topological polar surface area (TPSA) is 29.1 Å².